The van der Waals surface area contributed by atoms with Crippen LogP contribution in [0.4, 0.5) is 0 Å². The van der Waals surface area contributed by atoms with Crippen molar-refractivity contribution >= 4 is 15.7 Å². The normalized spacial score (nSPS) is 15.7. The van der Waals surface area contributed by atoms with Gasteiger partial charge >= 0.3 is 0 Å². The molecule has 0 saturated carbocycles. The largest absolute Gasteiger partial charge is 0.497 e. The maximum atomic E-state index is 13.2. The number of carbonyl (C=O) groups excluding carboxylic acids is 1. The first-order chi connectivity index (χ1) is 14.4. The second kappa shape index (κ2) is 8.31. The van der Waals surface area contributed by atoms with Gasteiger partial charge in [-0.25, -0.2) is 8.42 Å². The number of sulfone groups is 1. The van der Waals surface area contributed by atoms with Crippen LogP contribution in [0.1, 0.15) is 15.9 Å². The molecular formula is C22H23N3O4S. The van der Waals surface area contributed by atoms with Gasteiger partial charge in [0.05, 0.1) is 30.7 Å². The molecule has 2 aromatic carbocycles. The van der Waals surface area contributed by atoms with E-state index in [2.05, 4.69) is 5.10 Å². The molecule has 0 N–H and O–H groups in total. The van der Waals surface area contributed by atoms with Gasteiger partial charge in [0.15, 0.2) is 9.84 Å². The zero-order valence-electron chi connectivity index (χ0n) is 16.7. The van der Waals surface area contributed by atoms with E-state index in [1.165, 1.54) is 0 Å². The molecule has 0 aliphatic carbocycles. The van der Waals surface area contributed by atoms with E-state index >= 15 is 0 Å². The van der Waals surface area contributed by atoms with E-state index in [1.54, 1.807) is 22.9 Å². The Hall–Kier alpha value is -3.13. The first-order valence-corrected chi connectivity index (χ1v) is 11.5. The number of carbonyl (C=O) groups is 1. The minimum absolute atomic E-state index is 0.00520. The lowest BCUT2D eigenvalue weighted by Gasteiger charge is -2.26. The molecule has 1 saturated heterocycles. The van der Waals surface area contributed by atoms with Gasteiger partial charge in [0, 0.05) is 24.8 Å². The molecule has 0 radical (unpaired) electrons. The highest BCUT2D eigenvalue weighted by molar-refractivity contribution is 7.91. The minimum Gasteiger partial charge on any atom is -0.497 e. The second-order valence-corrected chi connectivity index (χ2v) is 9.55. The van der Waals surface area contributed by atoms with Crippen LogP contribution in [0.2, 0.25) is 0 Å². The monoisotopic (exact) mass is 425 g/mol. The molecule has 4 rings (SSSR count). The molecule has 2 heterocycles. The van der Waals surface area contributed by atoms with E-state index in [0.717, 1.165) is 16.9 Å². The maximum absolute atomic E-state index is 13.2. The quantitative estimate of drug-likeness (QED) is 0.627. The van der Waals surface area contributed by atoms with Gasteiger partial charge in [-0.15, -0.1) is 0 Å². The lowest BCUT2D eigenvalue weighted by atomic mass is 10.1. The van der Waals surface area contributed by atoms with Gasteiger partial charge < -0.3 is 9.64 Å². The first-order valence-electron chi connectivity index (χ1n) is 9.71. The van der Waals surface area contributed by atoms with Gasteiger partial charge in [-0.05, 0) is 29.8 Å². The molecule has 0 atom stereocenters. The maximum Gasteiger partial charge on any atom is 0.257 e. The summed E-state index contributed by atoms with van der Waals surface area (Å²) >= 11 is 0. The van der Waals surface area contributed by atoms with Crippen molar-refractivity contribution < 1.29 is 17.9 Å². The lowest BCUT2D eigenvalue weighted by molar-refractivity contribution is 0.0771. The van der Waals surface area contributed by atoms with E-state index in [-0.39, 0.29) is 30.5 Å². The number of benzene rings is 2. The van der Waals surface area contributed by atoms with Gasteiger partial charge in [-0.1, -0.05) is 30.3 Å². The number of methoxy groups -OCH3 is 1. The minimum atomic E-state index is -3.07. The van der Waals surface area contributed by atoms with Crippen molar-refractivity contribution in [2.24, 2.45) is 0 Å². The Labute approximate surface area is 175 Å². The Balaban J connectivity index is 1.68. The van der Waals surface area contributed by atoms with Crippen molar-refractivity contribution in [3.63, 3.8) is 0 Å². The number of hydrogen-bond acceptors (Lipinski definition) is 5. The number of rotatable bonds is 5. The molecule has 7 nitrogen and oxygen atoms in total. The summed E-state index contributed by atoms with van der Waals surface area (Å²) in [7, 11) is -1.47. The number of amides is 1. The van der Waals surface area contributed by atoms with Crippen LogP contribution in [0.15, 0.2) is 60.8 Å². The molecule has 1 fully saturated rings. The summed E-state index contributed by atoms with van der Waals surface area (Å²) in [6.45, 7) is 0.936. The summed E-state index contributed by atoms with van der Waals surface area (Å²) < 4.78 is 30.5. The fraction of sp³-hybridized carbons (Fsp3) is 0.273. The highest BCUT2D eigenvalue weighted by Crippen LogP contribution is 2.26. The average Bonchev–Trinajstić information content (AvgIpc) is 3.18. The van der Waals surface area contributed by atoms with E-state index in [1.807, 2.05) is 54.6 Å². The van der Waals surface area contributed by atoms with Gasteiger partial charge in [0.1, 0.15) is 11.4 Å². The fourth-order valence-electron chi connectivity index (χ4n) is 3.48. The third-order valence-corrected chi connectivity index (χ3v) is 6.78. The average molecular weight is 426 g/mol. The second-order valence-electron chi connectivity index (χ2n) is 7.25. The van der Waals surface area contributed by atoms with Crippen molar-refractivity contribution in [2.75, 3.05) is 31.7 Å². The molecule has 0 bridgehead atoms. The van der Waals surface area contributed by atoms with E-state index in [9.17, 15) is 13.2 Å². The predicted molar refractivity (Wildman–Crippen MR) is 114 cm³/mol. The molecular weight excluding hydrogens is 402 g/mol. The topological polar surface area (TPSA) is 81.5 Å². The number of aromatic nitrogens is 2. The molecule has 1 amide bonds. The zero-order chi connectivity index (χ0) is 21.1. The molecule has 8 heteroatoms. The third-order valence-electron chi connectivity index (χ3n) is 5.17. The molecule has 0 unspecified atom stereocenters. The Morgan fingerprint density at radius 2 is 1.70 bits per heavy atom. The van der Waals surface area contributed by atoms with Crippen molar-refractivity contribution in [1.29, 1.82) is 0 Å². The smallest absolute Gasteiger partial charge is 0.257 e. The Morgan fingerprint density at radius 1 is 1.03 bits per heavy atom. The van der Waals surface area contributed by atoms with Gasteiger partial charge in [0.25, 0.3) is 5.91 Å². The molecule has 156 valence electrons. The SMILES string of the molecule is COc1ccc(-c2nn(Cc3ccccc3)cc2C(=O)N2CCS(=O)(=O)CC2)cc1. The van der Waals surface area contributed by atoms with Crippen LogP contribution in [-0.4, -0.2) is 60.7 Å². The van der Waals surface area contributed by atoms with Crippen LogP contribution in [-0.2, 0) is 16.4 Å². The standard InChI is InChI=1S/C22H23N3O4S/c1-29-19-9-7-18(8-10-19)21-20(22(26)24-11-13-30(27,28)14-12-24)16-25(23-21)15-17-5-3-2-4-6-17/h2-10,16H,11-15H2,1H3. The summed E-state index contributed by atoms with van der Waals surface area (Å²) in [6, 6.07) is 17.3. The molecule has 1 aliphatic heterocycles. The van der Waals surface area contributed by atoms with Crippen LogP contribution < -0.4 is 4.74 Å². The van der Waals surface area contributed by atoms with Crippen molar-refractivity contribution in [3.8, 4) is 17.0 Å². The van der Waals surface area contributed by atoms with Gasteiger partial charge in [0.2, 0.25) is 0 Å². The van der Waals surface area contributed by atoms with Crippen LogP contribution in [0.3, 0.4) is 0 Å². The lowest BCUT2D eigenvalue weighted by Crippen LogP contribution is -2.43. The van der Waals surface area contributed by atoms with Gasteiger partial charge in [-0.2, -0.15) is 5.10 Å². The number of nitrogens with zero attached hydrogens (tertiary/aromatic N) is 3. The molecule has 30 heavy (non-hydrogen) atoms. The molecule has 1 aromatic heterocycles. The van der Waals surface area contributed by atoms with Crippen LogP contribution >= 0.6 is 0 Å². The predicted octanol–water partition coefficient (Wildman–Crippen LogP) is 2.48. The van der Waals surface area contributed by atoms with E-state index < -0.39 is 9.84 Å². The Morgan fingerprint density at radius 3 is 2.33 bits per heavy atom. The summed E-state index contributed by atoms with van der Waals surface area (Å²) in [5.74, 6) is 0.510. The highest BCUT2D eigenvalue weighted by Gasteiger charge is 2.28. The number of ether oxygens (including phenoxy) is 1. The summed E-state index contributed by atoms with van der Waals surface area (Å²) in [4.78, 5) is 14.8. The van der Waals surface area contributed by atoms with Crippen molar-refractivity contribution in [1.82, 2.24) is 14.7 Å². The van der Waals surface area contributed by atoms with Crippen LogP contribution in [0.25, 0.3) is 11.3 Å². The summed E-state index contributed by atoms with van der Waals surface area (Å²) in [5, 5.41) is 4.69. The zero-order valence-corrected chi connectivity index (χ0v) is 17.5. The third kappa shape index (κ3) is 4.38. The molecule has 0 spiro atoms. The van der Waals surface area contributed by atoms with Gasteiger partial charge in [-0.3, -0.25) is 9.48 Å². The van der Waals surface area contributed by atoms with Crippen molar-refractivity contribution in [3.05, 3.63) is 71.9 Å². The van der Waals surface area contributed by atoms with Crippen LogP contribution in [0.5, 0.6) is 5.75 Å². The van der Waals surface area contributed by atoms with Crippen LogP contribution in [0, 0.1) is 0 Å². The fourth-order valence-corrected chi connectivity index (χ4v) is 4.68. The van der Waals surface area contributed by atoms with Crippen molar-refractivity contribution in [2.45, 2.75) is 6.54 Å². The van der Waals surface area contributed by atoms with E-state index in [4.69, 9.17) is 4.74 Å². The number of hydrogen-bond donors (Lipinski definition) is 0. The molecule has 1 aliphatic rings. The van der Waals surface area contributed by atoms with E-state index in [0.29, 0.717) is 17.8 Å². The highest BCUT2D eigenvalue weighted by atomic mass is 32.2. The Kier molecular flexibility index (Phi) is 5.59. The summed E-state index contributed by atoms with van der Waals surface area (Å²) in [5.41, 5.74) is 2.92. The molecule has 3 aromatic rings. The summed E-state index contributed by atoms with van der Waals surface area (Å²) in [6.07, 6.45) is 1.75. The first kappa shape index (κ1) is 20.2. The Bertz CT molecular complexity index is 1120.